The first-order valence-electron chi connectivity index (χ1n) is 14.5. The van der Waals surface area contributed by atoms with E-state index in [-0.39, 0.29) is 49.9 Å². The summed E-state index contributed by atoms with van der Waals surface area (Å²) in [7, 11) is 3.22. The summed E-state index contributed by atoms with van der Waals surface area (Å²) in [6.07, 6.45) is -0.505. The molecule has 0 aromatic heterocycles. The summed E-state index contributed by atoms with van der Waals surface area (Å²) in [6, 6.07) is 15.5. The second kappa shape index (κ2) is 13.6. The van der Waals surface area contributed by atoms with Crippen molar-refractivity contribution in [2.45, 2.75) is 26.0 Å². The average molecular weight is 620 g/mol. The normalized spacial score (nSPS) is 17.6. The number of aliphatic hydroxyl groups is 1. The minimum Gasteiger partial charge on any atom is -0.497 e. The van der Waals surface area contributed by atoms with Crippen molar-refractivity contribution >= 4 is 35.0 Å². The molecule has 3 aromatic carbocycles. The molecule has 2 heterocycles. The Hall–Kier alpha value is -5.17. The van der Waals surface area contributed by atoms with Crippen LogP contribution in [0.25, 0.3) is 0 Å². The third-order valence-corrected chi connectivity index (χ3v) is 7.69. The monoisotopic (exact) mass is 619 g/mol. The molecule has 0 spiro atoms. The topological polar surface area (TPSA) is 151 Å². The molecule has 13 nitrogen and oxygen atoms in total. The molecule has 0 unspecified atom stereocenters. The van der Waals surface area contributed by atoms with Crippen LogP contribution in [-0.2, 0) is 0 Å². The summed E-state index contributed by atoms with van der Waals surface area (Å²) < 4.78 is 22.3. The maximum absolute atomic E-state index is 13.7. The quantitative estimate of drug-likeness (QED) is 0.289. The Balaban J connectivity index is 1.32. The van der Waals surface area contributed by atoms with E-state index in [0.717, 1.165) is 0 Å². The van der Waals surface area contributed by atoms with E-state index in [2.05, 4.69) is 16.0 Å². The zero-order valence-electron chi connectivity index (χ0n) is 25.5. The standard InChI is InChI=1S/C32H37N5O8/c1-19-15-37(20(2)17-38)30(39)25-13-22(34-31(40)33-21-5-9-24(42-4)10-6-21)7-11-26(25)45-29(19)16-36(3)32(41)35-23-8-12-27-28(14-23)44-18-43-27/h5-14,19-20,29,38H,15-18H2,1-4H3,(H,35,41)(H2,33,34,40)/t19-,20-,29-/m0/s1. The first kappa shape index (κ1) is 31.3. The molecule has 0 aliphatic carbocycles. The molecule has 5 amide bonds. The van der Waals surface area contributed by atoms with Gasteiger partial charge in [0.2, 0.25) is 6.79 Å². The van der Waals surface area contributed by atoms with Gasteiger partial charge in [0.1, 0.15) is 17.6 Å². The predicted octanol–water partition coefficient (Wildman–Crippen LogP) is 4.45. The van der Waals surface area contributed by atoms with Gasteiger partial charge < -0.3 is 49.8 Å². The Kier molecular flexibility index (Phi) is 9.48. The van der Waals surface area contributed by atoms with Crippen LogP contribution < -0.4 is 34.9 Å². The summed E-state index contributed by atoms with van der Waals surface area (Å²) >= 11 is 0. The maximum atomic E-state index is 13.7. The van der Waals surface area contributed by atoms with Crippen LogP contribution in [-0.4, -0.2) is 85.7 Å². The van der Waals surface area contributed by atoms with Gasteiger partial charge in [-0.1, -0.05) is 6.92 Å². The van der Waals surface area contributed by atoms with Crippen LogP contribution in [0.4, 0.5) is 26.7 Å². The molecule has 0 fully saturated rings. The van der Waals surface area contributed by atoms with Gasteiger partial charge in [-0.25, -0.2) is 9.59 Å². The van der Waals surface area contributed by atoms with E-state index in [4.69, 9.17) is 18.9 Å². The number of benzene rings is 3. The molecule has 2 aliphatic rings. The molecule has 0 bridgehead atoms. The van der Waals surface area contributed by atoms with Gasteiger partial charge >= 0.3 is 12.1 Å². The Morgan fingerprint density at radius 1 is 0.978 bits per heavy atom. The van der Waals surface area contributed by atoms with Crippen LogP contribution in [0.5, 0.6) is 23.0 Å². The second-order valence-corrected chi connectivity index (χ2v) is 11.0. The Morgan fingerprint density at radius 2 is 1.62 bits per heavy atom. The Bertz CT molecular complexity index is 1550. The lowest BCUT2D eigenvalue weighted by molar-refractivity contribution is 0.0371. The van der Waals surface area contributed by atoms with Crippen molar-refractivity contribution in [1.82, 2.24) is 9.80 Å². The Labute approximate surface area is 261 Å². The average Bonchev–Trinajstić information content (AvgIpc) is 3.51. The van der Waals surface area contributed by atoms with Gasteiger partial charge in [0, 0.05) is 42.6 Å². The van der Waals surface area contributed by atoms with E-state index in [0.29, 0.717) is 40.1 Å². The van der Waals surface area contributed by atoms with Crippen molar-refractivity contribution in [2.75, 3.05) is 56.6 Å². The van der Waals surface area contributed by atoms with E-state index in [1.807, 2.05) is 6.92 Å². The molecular formula is C32H37N5O8. The maximum Gasteiger partial charge on any atom is 0.323 e. The smallest absolute Gasteiger partial charge is 0.323 e. The molecule has 3 aromatic rings. The zero-order chi connectivity index (χ0) is 32.1. The summed E-state index contributed by atoms with van der Waals surface area (Å²) in [5.74, 6) is 1.59. The van der Waals surface area contributed by atoms with Gasteiger partial charge in [-0.3, -0.25) is 4.79 Å². The summed E-state index contributed by atoms with van der Waals surface area (Å²) in [4.78, 5) is 42.7. The van der Waals surface area contributed by atoms with Crippen molar-refractivity contribution in [3.8, 4) is 23.0 Å². The van der Waals surface area contributed by atoms with Crippen molar-refractivity contribution < 1.29 is 38.4 Å². The molecule has 0 radical (unpaired) electrons. The highest BCUT2D eigenvalue weighted by molar-refractivity contribution is 6.02. The SMILES string of the molecule is COc1ccc(NC(=O)Nc2ccc3c(c2)C(=O)N([C@@H](C)CO)C[C@H](C)[C@H](CN(C)C(=O)Nc2ccc4c(c2)OCO4)O3)cc1. The van der Waals surface area contributed by atoms with Crippen molar-refractivity contribution in [3.63, 3.8) is 0 Å². The van der Waals surface area contributed by atoms with Gasteiger partial charge in [-0.05, 0) is 61.5 Å². The first-order valence-corrected chi connectivity index (χ1v) is 14.5. The zero-order valence-corrected chi connectivity index (χ0v) is 25.5. The van der Waals surface area contributed by atoms with Crippen LogP contribution in [0, 0.1) is 5.92 Å². The van der Waals surface area contributed by atoms with E-state index in [1.165, 1.54) is 4.90 Å². The number of methoxy groups -OCH3 is 1. The number of carbonyl (C=O) groups is 3. The molecular weight excluding hydrogens is 582 g/mol. The van der Waals surface area contributed by atoms with E-state index >= 15 is 0 Å². The van der Waals surface area contributed by atoms with Crippen LogP contribution in [0.15, 0.2) is 60.7 Å². The predicted molar refractivity (Wildman–Crippen MR) is 167 cm³/mol. The molecule has 0 saturated carbocycles. The highest BCUT2D eigenvalue weighted by Crippen LogP contribution is 2.34. The fourth-order valence-electron chi connectivity index (χ4n) is 5.03. The fraction of sp³-hybridized carbons (Fsp3) is 0.344. The number of nitrogens with zero attached hydrogens (tertiary/aromatic N) is 2. The van der Waals surface area contributed by atoms with Gasteiger partial charge in [0.15, 0.2) is 11.5 Å². The molecule has 238 valence electrons. The number of anilines is 3. The van der Waals surface area contributed by atoms with Gasteiger partial charge in [-0.15, -0.1) is 0 Å². The molecule has 5 rings (SSSR count). The lowest BCUT2D eigenvalue weighted by Crippen LogP contribution is -2.50. The number of rotatable bonds is 8. The number of hydrogen-bond donors (Lipinski definition) is 4. The second-order valence-electron chi connectivity index (χ2n) is 11.0. The number of likely N-dealkylation sites (N-methyl/N-ethyl adjacent to an activating group) is 1. The summed E-state index contributed by atoms with van der Waals surface area (Å²) in [6.45, 7) is 4.07. The third kappa shape index (κ3) is 7.32. The molecule has 4 N–H and O–H groups in total. The number of carbonyl (C=O) groups excluding carboxylic acids is 3. The van der Waals surface area contributed by atoms with Crippen LogP contribution in [0.2, 0.25) is 0 Å². The van der Waals surface area contributed by atoms with E-state index in [9.17, 15) is 19.5 Å². The van der Waals surface area contributed by atoms with Crippen LogP contribution >= 0.6 is 0 Å². The highest BCUT2D eigenvalue weighted by atomic mass is 16.7. The van der Waals surface area contributed by atoms with Crippen molar-refractivity contribution in [1.29, 1.82) is 0 Å². The molecule has 13 heteroatoms. The van der Waals surface area contributed by atoms with Gasteiger partial charge in [0.25, 0.3) is 5.91 Å². The van der Waals surface area contributed by atoms with E-state index in [1.54, 1.807) is 86.6 Å². The molecule has 3 atom stereocenters. The Morgan fingerprint density at radius 3 is 2.33 bits per heavy atom. The van der Waals surface area contributed by atoms with Gasteiger partial charge in [-0.2, -0.15) is 0 Å². The number of nitrogens with one attached hydrogen (secondary N) is 3. The summed E-state index contributed by atoms with van der Waals surface area (Å²) in [5, 5.41) is 18.3. The lowest BCUT2D eigenvalue weighted by Gasteiger charge is -2.38. The first-order chi connectivity index (χ1) is 21.6. The third-order valence-electron chi connectivity index (χ3n) is 7.69. The minimum atomic E-state index is -0.505. The number of aliphatic hydroxyl groups excluding tert-OH is 1. The largest absolute Gasteiger partial charge is 0.497 e. The minimum absolute atomic E-state index is 0.133. The number of fused-ring (bicyclic) bond motifs is 2. The fourth-order valence-corrected chi connectivity index (χ4v) is 5.03. The van der Waals surface area contributed by atoms with E-state index < -0.39 is 18.2 Å². The van der Waals surface area contributed by atoms with Crippen molar-refractivity contribution in [3.05, 3.63) is 66.2 Å². The highest BCUT2D eigenvalue weighted by Gasteiger charge is 2.34. The molecule has 0 saturated heterocycles. The number of amides is 5. The van der Waals surface area contributed by atoms with Crippen LogP contribution in [0.3, 0.4) is 0 Å². The number of urea groups is 2. The number of ether oxygens (including phenoxy) is 4. The summed E-state index contributed by atoms with van der Waals surface area (Å²) in [5.41, 5.74) is 1.71. The molecule has 2 aliphatic heterocycles. The number of hydrogen-bond acceptors (Lipinski definition) is 8. The molecule has 45 heavy (non-hydrogen) atoms. The lowest BCUT2D eigenvalue weighted by atomic mass is 9.99. The van der Waals surface area contributed by atoms with Gasteiger partial charge in [0.05, 0.1) is 31.9 Å². The van der Waals surface area contributed by atoms with Crippen molar-refractivity contribution in [2.24, 2.45) is 5.92 Å². The van der Waals surface area contributed by atoms with Crippen LogP contribution in [0.1, 0.15) is 24.2 Å².